The summed E-state index contributed by atoms with van der Waals surface area (Å²) in [6, 6.07) is 2.11. The third-order valence-electron chi connectivity index (χ3n) is 2.48. The average molecular weight is 206 g/mol. The number of rotatable bonds is 5. The Balaban J connectivity index is 2.75. The van der Waals surface area contributed by atoms with E-state index in [1.807, 2.05) is 13.8 Å². The summed E-state index contributed by atoms with van der Waals surface area (Å²) in [7, 11) is 0. The number of aryl methyl sites for hydroxylation is 1. The Morgan fingerprint density at radius 3 is 2.80 bits per heavy atom. The Labute approximate surface area is 90.9 Å². The van der Waals surface area contributed by atoms with Gasteiger partial charge in [-0.3, -0.25) is 4.68 Å². The van der Waals surface area contributed by atoms with Crippen LogP contribution in [0.5, 0.6) is 0 Å². The van der Waals surface area contributed by atoms with Crippen molar-refractivity contribution in [1.29, 1.82) is 5.26 Å². The van der Waals surface area contributed by atoms with Crippen LogP contribution in [0.3, 0.4) is 0 Å². The molecule has 1 N–H and O–H groups in total. The molecular formula is C11H18N4. The molecule has 0 fully saturated rings. The highest BCUT2D eigenvalue weighted by atomic mass is 15.3. The summed E-state index contributed by atoms with van der Waals surface area (Å²) in [5.41, 5.74) is 3.34. The maximum absolute atomic E-state index is 8.63. The lowest BCUT2D eigenvalue weighted by Gasteiger charge is -2.03. The zero-order valence-corrected chi connectivity index (χ0v) is 9.67. The maximum Gasteiger partial charge on any atom is 0.128 e. The predicted octanol–water partition coefficient (Wildman–Crippen LogP) is 1.52. The second-order valence-corrected chi connectivity index (χ2v) is 3.64. The molecule has 0 aliphatic rings. The van der Waals surface area contributed by atoms with E-state index in [-0.39, 0.29) is 0 Å². The maximum atomic E-state index is 8.63. The molecule has 0 aromatic carbocycles. The topological polar surface area (TPSA) is 53.6 Å². The molecule has 0 saturated carbocycles. The Bertz CT molecular complexity index is 359. The van der Waals surface area contributed by atoms with Crippen LogP contribution in [0, 0.1) is 25.2 Å². The Morgan fingerprint density at radius 2 is 2.20 bits per heavy atom. The largest absolute Gasteiger partial charge is 0.313 e. The summed E-state index contributed by atoms with van der Waals surface area (Å²) in [4.78, 5) is 0. The molecule has 1 aromatic heterocycles. The van der Waals surface area contributed by atoms with Gasteiger partial charge in [0.1, 0.15) is 6.54 Å². The number of aromatic nitrogens is 2. The molecule has 15 heavy (non-hydrogen) atoms. The van der Waals surface area contributed by atoms with Crippen molar-refractivity contribution in [3.8, 4) is 6.07 Å². The first-order valence-electron chi connectivity index (χ1n) is 5.31. The Hall–Kier alpha value is -1.34. The van der Waals surface area contributed by atoms with Crippen LogP contribution in [-0.2, 0) is 13.1 Å². The van der Waals surface area contributed by atoms with Crippen LogP contribution in [0.4, 0.5) is 0 Å². The highest BCUT2D eigenvalue weighted by Gasteiger charge is 2.09. The van der Waals surface area contributed by atoms with Gasteiger partial charge in [-0.05, 0) is 26.8 Å². The van der Waals surface area contributed by atoms with Gasteiger partial charge in [0.25, 0.3) is 0 Å². The SMILES string of the molecule is CCCNCc1c(C)nn(CC#N)c1C. The number of nitriles is 1. The quantitative estimate of drug-likeness (QED) is 0.743. The van der Waals surface area contributed by atoms with Gasteiger partial charge in [-0.15, -0.1) is 0 Å². The van der Waals surface area contributed by atoms with E-state index in [4.69, 9.17) is 5.26 Å². The van der Waals surface area contributed by atoms with E-state index in [9.17, 15) is 0 Å². The Kier molecular flexibility index (Phi) is 4.32. The first kappa shape index (κ1) is 11.7. The van der Waals surface area contributed by atoms with Gasteiger partial charge in [0.15, 0.2) is 0 Å². The summed E-state index contributed by atoms with van der Waals surface area (Å²) >= 11 is 0. The van der Waals surface area contributed by atoms with E-state index in [0.29, 0.717) is 6.54 Å². The predicted molar refractivity (Wildman–Crippen MR) is 59.3 cm³/mol. The molecule has 0 bridgehead atoms. The van der Waals surface area contributed by atoms with E-state index < -0.39 is 0 Å². The third kappa shape index (κ3) is 2.80. The standard InChI is InChI=1S/C11H18N4/c1-4-6-13-8-11-9(2)14-15(7-5-12)10(11)3/h13H,4,6-8H2,1-3H3. The van der Waals surface area contributed by atoms with Crippen molar-refractivity contribution < 1.29 is 0 Å². The van der Waals surface area contributed by atoms with Gasteiger partial charge in [-0.25, -0.2) is 0 Å². The summed E-state index contributed by atoms with van der Waals surface area (Å²) < 4.78 is 1.76. The van der Waals surface area contributed by atoms with Crippen LogP contribution in [-0.4, -0.2) is 16.3 Å². The summed E-state index contributed by atoms with van der Waals surface area (Å²) in [6.45, 7) is 8.34. The van der Waals surface area contributed by atoms with Crippen LogP contribution in [0.25, 0.3) is 0 Å². The van der Waals surface area contributed by atoms with Gasteiger partial charge >= 0.3 is 0 Å². The van der Waals surface area contributed by atoms with Crippen LogP contribution in [0.2, 0.25) is 0 Å². The fraction of sp³-hybridized carbons (Fsp3) is 0.636. The molecule has 0 spiro atoms. The molecule has 82 valence electrons. The van der Waals surface area contributed by atoms with Crippen LogP contribution in [0.15, 0.2) is 0 Å². The van der Waals surface area contributed by atoms with Gasteiger partial charge in [0.2, 0.25) is 0 Å². The molecule has 0 unspecified atom stereocenters. The molecule has 0 amide bonds. The normalized spacial score (nSPS) is 10.3. The lowest BCUT2D eigenvalue weighted by molar-refractivity contribution is 0.661. The molecule has 4 heteroatoms. The minimum Gasteiger partial charge on any atom is -0.313 e. The van der Waals surface area contributed by atoms with E-state index in [2.05, 4.69) is 23.4 Å². The highest BCUT2D eigenvalue weighted by molar-refractivity contribution is 5.24. The first-order valence-corrected chi connectivity index (χ1v) is 5.31. The zero-order valence-electron chi connectivity index (χ0n) is 9.67. The summed E-state index contributed by atoms with van der Waals surface area (Å²) in [5, 5.41) is 16.3. The molecule has 4 nitrogen and oxygen atoms in total. The molecule has 0 atom stereocenters. The molecule has 0 saturated heterocycles. The van der Waals surface area contributed by atoms with Gasteiger partial charge in [0.05, 0.1) is 11.8 Å². The lowest BCUT2D eigenvalue weighted by atomic mass is 10.2. The van der Waals surface area contributed by atoms with Crippen molar-refractivity contribution in [2.24, 2.45) is 0 Å². The molecule has 0 aliphatic heterocycles. The summed E-state index contributed by atoms with van der Waals surface area (Å²) in [6.07, 6.45) is 1.13. The van der Waals surface area contributed by atoms with Crippen molar-refractivity contribution >= 4 is 0 Å². The third-order valence-corrected chi connectivity index (χ3v) is 2.48. The molecule has 1 rings (SSSR count). The van der Waals surface area contributed by atoms with Crippen LogP contribution >= 0.6 is 0 Å². The van der Waals surface area contributed by atoms with Gasteiger partial charge in [-0.1, -0.05) is 6.92 Å². The molecule has 0 aliphatic carbocycles. The summed E-state index contributed by atoms with van der Waals surface area (Å²) in [5.74, 6) is 0. The van der Waals surface area contributed by atoms with Crippen molar-refractivity contribution in [1.82, 2.24) is 15.1 Å². The average Bonchev–Trinajstić information content (AvgIpc) is 2.46. The molecule has 1 aromatic rings. The molecule has 1 heterocycles. The second-order valence-electron chi connectivity index (χ2n) is 3.64. The van der Waals surface area contributed by atoms with Crippen LogP contribution < -0.4 is 5.32 Å². The van der Waals surface area contributed by atoms with Gasteiger partial charge < -0.3 is 5.32 Å². The first-order chi connectivity index (χ1) is 7.20. The van der Waals surface area contributed by atoms with Crippen LogP contribution in [0.1, 0.15) is 30.3 Å². The van der Waals surface area contributed by atoms with Crippen molar-refractivity contribution in [3.05, 3.63) is 17.0 Å². The fourth-order valence-corrected chi connectivity index (χ4v) is 1.60. The van der Waals surface area contributed by atoms with Gasteiger partial charge in [-0.2, -0.15) is 10.4 Å². The van der Waals surface area contributed by atoms with E-state index in [1.165, 1.54) is 5.56 Å². The minimum atomic E-state index is 0.334. The Morgan fingerprint density at radius 1 is 1.47 bits per heavy atom. The van der Waals surface area contributed by atoms with Gasteiger partial charge in [0, 0.05) is 17.8 Å². The fourth-order valence-electron chi connectivity index (χ4n) is 1.60. The second kappa shape index (κ2) is 5.52. The lowest BCUT2D eigenvalue weighted by Crippen LogP contribution is -2.15. The number of hydrogen-bond acceptors (Lipinski definition) is 3. The van der Waals surface area contributed by atoms with E-state index in [0.717, 1.165) is 30.9 Å². The monoisotopic (exact) mass is 206 g/mol. The zero-order chi connectivity index (χ0) is 11.3. The smallest absolute Gasteiger partial charge is 0.128 e. The number of nitrogens with one attached hydrogen (secondary N) is 1. The number of hydrogen-bond donors (Lipinski definition) is 1. The van der Waals surface area contributed by atoms with Crippen molar-refractivity contribution in [2.45, 2.75) is 40.3 Å². The number of nitrogens with zero attached hydrogens (tertiary/aromatic N) is 3. The van der Waals surface area contributed by atoms with Crippen molar-refractivity contribution in [2.75, 3.05) is 6.54 Å². The molecule has 0 radical (unpaired) electrons. The minimum absolute atomic E-state index is 0.334. The van der Waals surface area contributed by atoms with Crippen molar-refractivity contribution in [3.63, 3.8) is 0 Å². The van der Waals surface area contributed by atoms with E-state index >= 15 is 0 Å². The highest BCUT2D eigenvalue weighted by Crippen LogP contribution is 2.12. The van der Waals surface area contributed by atoms with E-state index in [1.54, 1.807) is 4.68 Å². The molecular weight excluding hydrogens is 188 g/mol.